The summed E-state index contributed by atoms with van der Waals surface area (Å²) in [6, 6.07) is 5.85. The normalized spacial score (nSPS) is 24.0. The third-order valence-electron chi connectivity index (χ3n) is 6.32. The minimum absolute atomic E-state index is 0.00143. The van der Waals surface area contributed by atoms with E-state index in [0.717, 1.165) is 6.07 Å². The predicted octanol–water partition coefficient (Wildman–Crippen LogP) is 4.44. The summed E-state index contributed by atoms with van der Waals surface area (Å²) in [4.78, 5) is 22.1. The molecule has 1 aromatic carbocycles. The van der Waals surface area contributed by atoms with Gasteiger partial charge < -0.3 is 10.0 Å². The summed E-state index contributed by atoms with van der Waals surface area (Å²) < 4.78 is 40.1. The predicted molar refractivity (Wildman–Crippen MR) is 101 cm³/mol. The van der Waals surface area contributed by atoms with Crippen LogP contribution in [0.1, 0.15) is 51.6 Å². The van der Waals surface area contributed by atoms with Gasteiger partial charge in [0.2, 0.25) is 5.95 Å². The van der Waals surface area contributed by atoms with Gasteiger partial charge in [0.15, 0.2) is 5.69 Å². The van der Waals surface area contributed by atoms with Crippen LogP contribution in [-0.2, 0) is 6.18 Å². The van der Waals surface area contributed by atoms with E-state index in [1.54, 1.807) is 26.0 Å². The molecule has 0 spiro atoms. The molecule has 2 fully saturated rings. The number of fused-ring (bicyclic) bond motifs is 1. The van der Waals surface area contributed by atoms with Crippen LogP contribution in [0, 0.1) is 25.7 Å². The Hall–Kier alpha value is -2.64. The number of aromatic carboxylic acids is 1. The fourth-order valence-corrected chi connectivity index (χ4v) is 4.79. The molecule has 2 aliphatic rings. The molecular weight excluding hydrogens is 383 g/mol. The van der Waals surface area contributed by atoms with Gasteiger partial charge in [0, 0.05) is 24.3 Å². The van der Waals surface area contributed by atoms with Gasteiger partial charge in [0.25, 0.3) is 0 Å². The van der Waals surface area contributed by atoms with E-state index in [4.69, 9.17) is 0 Å². The van der Waals surface area contributed by atoms with E-state index in [9.17, 15) is 23.1 Å². The number of carboxylic acid groups (broad SMARTS) is 1. The molecule has 2 heterocycles. The second-order valence-corrected chi connectivity index (χ2v) is 8.07. The molecule has 2 aromatic rings. The molecule has 3 atom stereocenters. The second-order valence-electron chi connectivity index (χ2n) is 8.07. The van der Waals surface area contributed by atoms with Crippen molar-refractivity contribution in [3.8, 4) is 0 Å². The van der Waals surface area contributed by atoms with Crippen molar-refractivity contribution in [3.63, 3.8) is 0 Å². The lowest BCUT2D eigenvalue weighted by atomic mass is 9.91. The van der Waals surface area contributed by atoms with Crippen molar-refractivity contribution in [2.75, 3.05) is 18.0 Å². The largest absolute Gasteiger partial charge is 0.476 e. The van der Waals surface area contributed by atoms with Crippen molar-refractivity contribution in [2.45, 2.75) is 38.8 Å². The number of anilines is 1. The van der Waals surface area contributed by atoms with Crippen molar-refractivity contribution < 1.29 is 23.1 Å². The van der Waals surface area contributed by atoms with Crippen LogP contribution in [0.15, 0.2) is 24.3 Å². The summed E-state index contributed by atoms with van der Waals surface area (Å²) >= 11 is 0. The van der Waals surface area contributed by atoms with E-state index in [1.165, 1.54) is 6.07 Å². The molecule has 0 amide bonds. The van der Waals surface area contributed by atoms with Gasteiger partial charge in [-0.2, -0.15) is 13.2 Å². The van der Waals surface area contributed by atoms with Crippen molar-refractivity contribution in [1.29, 1.82) is 0 Å². The maximum absolute atomic E-state index is 13.4. The molecule has 1 aromatic heterocycles. The molecule has 154 valence electrons. The first-order chi connectivity index (χ1) is 13.6. The average molecular weight is 405 g/mol. The maximum atomic E-state index is 13.4. The summed E-state index contributed by atoms with van der Waals surface area (Å²) in [6.45, 7) is 4.71. The zero-order chi connectivity index (χ0) is 20.9. The molecule has 1 aliphatic carbocycles. The SMILES string of the molecule is Cc1nc(N2C[C@H]3CC(c4ccccc4C(F)(F)F)C[C@H]3C2)nc(C(=O)O)c1C. The number of halogens is 3. The smallest absolute Gasteiger partial charge is 0.416 e. The minimum atomic E-state index is -4.35. The Kier molecular flexibility index (Phi) is 4.75. The quantitative estimate of drug-likeness (QED) is 0.818. The highest BCUT2D eigenvalue weighted by molar-refractivity contribution is 5.87. The number of rotatable bonds is 3. The molecule has 1 N–H and O–H groups in total. The fourth-order valence-electron chi connectivity index (χ4n) is 4.79. The van der Waals surface area contributed by atoms with Crippen LogP contribution in [0.5, 0.6) is 0 Å². The van der Waals surface area contributed by atoms with E-state index in [1.807, 2.05) is 4.90 Å². The number of carboxylic acids is 1. The number of aryl methyl sites for hydroxylation is 1. The second kappa shape index (κ2) is 7.00. The zero-order valence-corrected chi connectivity index (χ0v) is 16.2. The number of hydrogen-bond acceptors (Lipinski definition) is 4. The standard InChI is InChI=1S/C21H22F3N3O2/c1-11-12(2)25-20(26-18(11)19(28)29)27-9-14-7-13(8-15(14)10-27)16-5-3-4-6-17(16)21(22,23)24/h3-6,13-15H,7-10H2,1-2H3,(H,28,29)/t13?,14-,15+. The van der Waals surface area contributed by atoms with Crippen molar-refractivity contribution in [1.82, 2.24) is 9.97 Å². The average Bonchev–Trinajstić information content (AvgIpc) is 3.22. The van der Waals surface area contributed by atoms with Gasteiger partial charge in [0.1, 0.15) is 0 Å². The molecule has 1 aliphatic heterocycles. The number of carbonyl (C=O) groups is 1. The number of alkyl halides is 3. The highest BCUT2D eigenvalue weighted by Crippen LogP contribution is 2.49. The summed E-state index contributed by atoms with van der Waals surface area (Å²) in [5.74, 6) is -0.301. The molecule has 4 rings (SSSR count). The first-order valence-electron chi connectivity index (χ1n) is 9.64. The first kappa shape index (κ1) is 19.7. The number of aromatic nitrogens is 2. The summed E-state index contributed by atoms with van der Waals surface area (Å²) in [7, 11) is 0. The molecule has 1 saturated heterocycles. The lowest BCUT2D eigenvalue weighted by Gasteiger charge is -2.22. The fraction of sp³-hybridized carbons (Fsp3) is 0.476. The topological polar surface area (TPSA) is 66.3 Å². The van der Waals surface area contributed by atoms with Gasteiger partial charge in [-0.15, -0.1) is 0 Å². The first-order valence-corrected chi connectivity index (χ1v) is 9.64. The number of benzene rings is 1. The summed E-state index contributed by atoms with van der Waals surface area (Å²) in [6.07, 6.45) is -2.98. The minimum Gasteiger partial charge on any atom is -0.476 e. The highest BCUT2D eigenvalue weighted by Gasteiger charge is 2.44. The van der Waals surface area contributed by atoms with Gasteiger partial charge >= 0.3 is 12.1 Å². The van der Waals surface area contributed by atoms with Crippen LogP contribution in [0.3, 0.4) is 0 Å². The third kappa shape index (κ3) is 3.56. The number of nitrogens with zero attached hydrogens (tertiary/aromatic N) is 3. The molecular formula is C21H22F3N3O2. The van der Waals surface area contributed by atoms with E-state index < -0.39 is 17.7 Å². The van der Waals surface area contributed by atoms with E-state index >= 15 is 0 Å². The van der Waals surface area contributed by atoms with E-state index in [2.05, 4.69) is 9.97 Å². The zero-order valence-electron chi connectivity index (χ0n) is 16.2. The maximum Gasteiger partial charge on any atom is 0.416 e. The number of hydrogen-bond donors (Lipinski definition) is 1. The van der Waals surface area contributed by atoms with Crippen LogP contribution < -0.4 is 4.90 Å². The van der Waals surface area contributed by atoms with Gasteiger partial charge in [-0.25, -0.2) is 14.8 Å². The lowest BCUT2D eigenvalue weighted by Crippen LogP contribution is -2.25. The Bertz CT molecular complexity index is 947. The Morgan fingerprint density at radius 3 is 2.31 bits per heavy atom. The monoisotopic (exact) mass is 405 g/mol. The Balaban J connectivity index is 1.53. The Morgan fingerprint density at radius 2 is 1.72 bits per heavy atom. The van der Waals surface area contributed by atoms with Gasteiger partial charge in [-0.3, -0.25) is 0 Å². The van der Waals surface area contributed by atoms with Crippen LogP contribution in [-0.4, -0.2) is 34.1 Å². The van der Waals surface area contributed by atoms with Gasteiger partial charge in [-0.05, 0) is 56.1 Å². The molecule has 8 heteroatoms. The van der Waals surface area contributed by atoms with Gasteiger partial charge in [-0.1, -0.05) is 18.2 Å². The highest BCUT2D eigenvalue weighted by atomic mass is 19.4. The van der Waals surface area contributed by atoms with Gasteiger partial charge in [0.05, 0.1) is 5.56 Å². The van der Waals surface area contributed by atoms with E-state index in [0.29, 0.717) is 48.7 Å². The van der Waals surface area contributed by atoms with Crippen LogP contribution >= 0.6 is 0 Å². The summed E-state index contributed by atoms with van der Waals surface area (Å²) in [5.41, 5.74) is 1.02. The van der Waals surface area contributed by atoms with E-state index in [-0.39, 0.29) is 23.4 Å². The molecule has 1 unspecified atom stereocenters. The summed E-state index contributed by atoms with van der Waals surface area (Å²) in [5, 5.41) is 9.37. The van der Waals surface area contributed by atoms with Crippen LogP contribution in [0.25, 0.3) is 0 Å². The van der Waals surface area contributed by atoms with Crippen molar-refractivity contribution in [3.05, 3.63) is 52.3 Å². The van der Waals surface area contributed by atoms with Crippen LogP contribution in [0.2, 0.25) is 0 Å². The Labute approximate surface area is 166 Å². The Morgan fingerprint density at radius 1 is 1.10 bits per heavy atom. The molecule has 5 nitrogen and oxygen atoms in total. The van der Waals surface area contributed by atoms with Crippen molar-refractivity contribution >= 4 is 11.9 Å². The lowest BCUT2D eigenvalue weighted by molar-refractivity contribution is -0.138. The molecule has 29 heavy (non-hydrogen) atoms. The third-order valence-corrected chi connectivity index (χ3v) is 6.32. The molecule has 1 saturated carbocycles. The molecule has 0 bridgehead atoms. The van der Waals surface area contributed by atoms with Crippen molar-refractivity contribution in [2.24, 2.45) is 11.8 Å². The van der Waals surface area contributed by atoms with Crippen LogP contribution in [0.4, 0.5) is 19.1 Å². The molecule has 0 radical (unpaired) electrons.